The third-order valence-corrected chi connectivity index (χ3v) is 2.16. The zero-order valence-electron chi connectivity index (χ0n) is 7.88. The largest absolute Gasteiger partial charge is 0.466 e. The van der Waals surface area contributed by atoms with Crippen molar-refractivity contribution in [3.8, 4) is 0 Å². The number of esters is 1. The molecular weight excluding hydrogens is 172 g/mol. The van der Waals surface area contributed by atoms with Crippen LogP contribution in [0, 0.1) is 0 Å². The topological polar surface area (TPSA) is 26.3 Å². The van der Waals surface area contributed by atoms with Crippen LogP contribution in [0.2, 0.25) is 0 Å². The fourth-order valence-corrected chi connectivity index (χ4v) is 1.21. The normalized spacial score (nSPS) is 12.6. The number of hydrogen-bond acceptors (Lipinski definition) is 3. The van der Waals surface area contributed by atoms with E-state index in [9.17, 15) is 4.79 Å². The summed E-state index contributed by atoms with van der Waals surface area (Å²) in [6.07, 6.45) is 4.38. The molecule has 0 heterocycles. The van der Waals surface area contributed by atoms with Crippen LogP contribution in [-0.2, 0) is 9.53 Å². The minimum Gasteiger partial charge on any atom is -0.466 e. The molecule has 3 heteroatoms. The minimum absolute atomic E-state index is 0.203. The van der Waals surface area contributed by atoms with Crippen LogP contribution in [0.5, 0.6) is 0 Å². The third-order valence-electron chi connectivity index (χ3n) is 1.65. The highest BCUT2D eigenvalue weighted by Crippen LogP contribution is 2.10. The molecular formula is C9H18O2S. The van der Waals surface area contributed by atoms with E-state index in [-0.39, 0.29) is 5.97 Å². The fraction of sp³-hybridized carbons (Fsp3) is 0.889. The molecule has 0 amide bonds. The van der Waals surface area contributed by atoms with E-state index in [1.807, 2.05) is 0 Å². The summed E-state index contributed by atoms with van der Waals surface area (Å²) in [6, 6.07) is 0. The number of carbonyl (C=O) groups is 1. The van der Waals surface area contributed by atoms with E-state index in [0.717, 1.165) is 12.8 Å². The number of carbonyl (C=O) groups excluding carboxylic acids is 1. The van der Waals surface area contributed by atoms with E-state index in [4.69, 9.17) is 4.74 Å². The Balaban J connectivity index is 3.19. The zero-order valence-corrected chi connectivity index (χ0v) is 8.77. The molecule has 0 aromatic heterocycles. The second kappa shape index (κ2) is 7.47. The summed E-state index contributed by atoms with van der Waals surface area (Å²) in [5.74, 6) is -0.203. The van der Waals surface area contributed by atoms with Gasteiger partial charge in [0.2, 0.25) is 0 Å². The Hall–Kier alpha value is -0.180. The van der Waals surface area contributed by atoms with E-state index >= 15 is 0 Å². The SMILES string of the molecule is CCCC[C@@H](S)CCOC(C)=O. The summed E-state index contributed by atoms with van der Waals surface area (Å²) < 4.78 is 4.80. The summed E-state index contributed by atoms with van der Waals surface area (Å²) in [7, 11) is 0. The molecule has 0 aliphatic carbocycles. The van der Waals surface area contributed by atoms with Crippen LogP contribution in [0.3, 0.4) is 0 Å². The van der Waals surface area contributed by atoms with Crippen molar-refractivity contribution in [2.45, 2.75) is 44.8 Å². The van der Waals surface area contributed by atoms with Crippen LogP contribution < -0.4 is 0 Å². The lowest BCUT2D eigenvalue weighted by molar-refractivity contribution is -0.141. The summed E-state index contributed by atoms with van der Waals surface area (Å²) in [6.45, 7) is 4.10. The first-order chi connectivity index (χ1) is 5.66. The molecule has 0 aliphatic rings. The van der Waals surface area contributed by atoms with E-state index in [0.29, 0.717) is 11.9 Å². The van der Waals surface area contributed by atoms with Crippen molar-refractivity contribution in [2.75, 3.05) is 6.61 Å². The first-order valence-corrected chi connectivity index (χ1v) is 5.00. The van der Waals surface area contributed by atoms with E-state index < -0.39 is 0 Å². The van der Waals surface area contributed by atoms with Crippen molar-refractivity contribution in [1.82, 2.24) is 0 Å². The monoisotopic (exact) mass is 190 g/mol. The first kappa shape index (κ1) is 11.8. The lowest BCUT2D eigenvalue weighted by Gasteiger charge is -2.08. The van der Waals surface area contributed by atoms with Gasteiger partial charge in [-0.1, -0.05) is 19.8 Å². The Kier molecular flexibility index (Phi) is 7.36. The maximum atomic E-state index is 10.4. The predicted octanol–water partition coefficient (Wildman–Crippen LogP) is 2.43. The molecule has 0 saturated carbocycles. The van der Waals surface area contributed by atoms with Gasteiger partial charge in [0.25, 0.3) is 0 Å². The van der Waals surface area contributed by atoms with Crippen molar-refractivity contribution in [3.63, 3.8) is 0 Å². The molecule has 0 unspecified atom stereocenters. The Morgan fingerprint density at radius 1 is 1.50 bits per heavy atom. The van der Waals surface area contributed by atoms with Crippen molar-refractivity contribution in [1.29, 1.82) is 0 Å². The summed E-state index contributed by atoms with van der Waals surface area (Å²) in [5.41, 5.74) is 0. The van der Waals surface area contributed by atoms with Crippen molar-refractivity contribution >= 4 is 18.6 Å². The number of ether oxygens (including phenoxy) is 1. The lowest BCUT2D eigenvalue weighted by Crippen LogP contribution is -2.07. The molecule has 0 radical (unpaired) electrons. The van der Waals surface area contributed by atoms with Crippen LogP contribution in [0.1, 0.15) is 39.5 Å². The molecule has 0 aromatic carbocycles. The van der Waals surface area contributed by atoms with E-state index in [2.05, 4.69) is 19.6 Å². The van der Waals surface area contributed by atoms with Gasteiger partial charge in [0.15, 0.2) is 0 Å². The summed E-state index contributed by atoms with van der Waals surface area (Å²) in [4.78, 5) is 10.4. The van der Waals surface area contributed by atoms with Gasteiger partial charge in [-0.25, -0.2) is 0 Å². The van der Waals surface area contributed by atoms with Gasteiger partial charge in [0.05, 0.1) is 6.61 Å². The van der Waals surface area contributed by atoms with Crippen molar-refractivity contribution in [3.05, 3.63) is 0 Å². The number of rotatable bonds is 6. The number of thiol groups is 1. The van der Waals surface area contributed by atoms with Crippen molar-refractivity contribution < 1.29 is 9.53 Å². The maximum Gasteiger partial charge on any atom is 0.302 e. The zero-order chi connectivity index (χ0) is 9.40. The molecule has 0 saturated heterocycles. The average molecular weight is 190 g/mol. The van der Waals surface area contributed by atoms with Crippen molar-refractivity contribution in [2.24, 2.45) is 0 Å². The van der Waals surface area contributed by atoms with Gasteiger partial charge in [-0.05, 0) is 12.8 Å². The minimum atomic E-state index is -0.203. The van der Waals surface area contributed by atoms with Crippen LogP contribution in [0.25, 0.3) is 0 Å². The van der Waals surface area contributed by atoms with Crippen LogP contribution in [0.15, 0.2) is 0 Å². The Labute approximate surface area is 80.1 Å². The molecule has 12 heavy (non-hydrogen) atoms. The highest BCUT2D eigenvalue weighted by Gasteiger charge is 2.02. The van der Waals surface area contributed by atoms with E-state index in [1.165, 1.54) is 19.8 Å². The summed E-state index contributed by atoms with van der Waals surface area (Å²) >= 11 is 4.38. The van der Waals surface area contributed by atoms with Crippen LogP contribution in [-0.4, -0.2) is 17.8 Å². The third kappa shape index (κ3) is 7.92. The Bertz CT molecular complexity index is 126. The molecule has 2 nitrogen and oxygen atoms in total. The van der Waals surface area contributed by atoms with Gasteiger partial charge in [-0.2, -0.15) is 12.6 Å². The second-order valence-corrected chi connectivity index (χ2v) is 3.66. The molecule has 0 aromatic rings. The Morgan fingerprint density at radius 2 is 2.17 bits per heavy atom. The smallest absolute Gasteiger partial charge is 0.302 e. The first-order valence-electron chi connectivity index (χ1n) is 4.48. The predicted molar refractivity (Wildman–Crippen MR) is 53.5 cm³/mol. The molecule has 0 aliphatic heterocycles. The molecule has 0 spiro atoms. The second-order valence-electron chi connectivity index (χ2n) is 2.92. The molecule has 1 atom stereocenters. The molecule has 0 fully saturated rings. The highest BCUT2D eigenvalue weighted by atomic mass is 32.1. The van der Waals surface area contributed by atoms with Gasteiger partial charge in [-0.3, -0.25) is 4.79 Å². The van der Waals surface area contributed by atoms with Gasteiger partial charge < -0.3 is 4.74 Å². The average Bonchev–Trinajstić information content (AvgIpc) is 2.00. The van der Waals surface area contributed by atoms with Gasteiger partial charge in [0.1, 0.15) is 0 Å². The summed E-state index contributed by atoms with van der Waals surface area (Å²) in [5, 5.41) is 0.379. The highest BCUT2D eigenvalue weighted by molar-refractivity contribution is 7.80. The lowest BCUT2D eigenvalue weighted by atomic mass is 10.1. The number of unbranched alkanes of at least 4 members (excludes halogenated alkanes) is 1. The fourth-order valence-electron chi connectivity index (χ4n) is 0.923. The quantitative estimate of drug-likeness (QED) is 0.514. The van der Waals surface area contributed by atoms with E-state index in [1.54, 1.807) is 0 Å². The standard InChI is InChI=1S/C9H18O2S/c1-3-4-5-9(12)6-7-11-8(2)10/h9,12H,3-7H2,1-2H3/t9-/m1/s1. The number of hydrogen-bond donors (Lipinski definition) is 1. The van der Waals surface area contributed by atoms with Gasteiger partial charge in [0, 0.05) is 12.2 Å². The molecule has 72 valence electrons. The molecule has 0 bridgehead atoms. The molecule has 0 N–H and O–H groups in total. The Morgan fingerprint density at radius 3 is 2.67 bits per heavy atom. The van der Waals surface area contributed by atoms with Crippen LogP contribution >= 0.6 is 12.6 Å². The maximum absolute atomic E-state index is 10.4. The van der Waals surface area contributed by atoms with Gasteiger partial charge in [-0.15, -0.1) is 0 Å². The van der Waals surface area contributed by atoms with Crippen LogP contribution in [0.4, 0.5) is 0 Å². The van der Waals surface area contributed by atoms with Gasteiger partial charge >= 0.3 is 5.97 Å². The molecule has 0 rings (SSSR count).